The van der Waals surface area contributed by atoms with Gasteiger partial charge in [-0.05, 0) is 289 Å². The van der Waals surface area contributed by atoms with Crippen molar-refractivity contribution in [3.05, 3.63) is 0 Å². The number of amides is 1. The van der Waals surface area contributed by atoms with Gasteiger partial charge < -0.3 is 35.1 Å². The van der Waals surface area contributed by atoms with Crippen LogP contribution in [0.2, 0.25) is 192 Å². The Labute approximate surface area is 485 Å². The van der Waals surface area contributed by atoms with E-state index < -0.39 is 93.2 Å². The van der Waals surface area contributed by atoms with Gasteiger partial charge in [-0.3, -0.25) is 4.79 Å². The molecule has 0 aromatic heterocycles. The number of rotatable bonds is 27. The summed E-state index contributed by atoms with van der Waals surface area (Å²) in [6.45, 7) is 55.8. The first-order chi connectivity index (χ1) is 33.3. The lowest BCUT2D eigenvalue weighted by molar-refractivity contribution is -0.115. The van der Waals surface area contributed by atoms with Gasteiger partial charge in [0, 0.05) is 41.0 Å². The smallest absolute Gasteiger partial charge is 0.314 e. The Morgan fingerprint density at radius 1 is 0.438 bits per heavy atom. The first-order valence-electron chi connectivity index (χ1n) is 26.1. The Hall–Kier alpha value is -1.94. The van der Waals surface area contributed by atoms with E-state index in [1.54, 1.807) is 6.92 Å². The van der Waals surface area contributed by atoms with Crippen molar-refractivity contribution >= 4 is 99.1 Å². The molecule has 9 nitrogen and oxygen atoms in total. The van der Waals surface area contributed by atoms with Gasteiger partial charge in [0.15, 0.2) is 84.6 Å². The molecule has 0 aromatic carbocycles. The van der Waals surface area contributed by atoms with Crippen LogP contribution in [0, 0.1) is 94.7 Å². The molecule has 0 spiro atoms. The summed E-state index contributed by atoms with van der Waals surface area (Å²) in [5.74, 6) is 40.7. The molecule has 0 rings (SSSR count). The average Bonchev–Trinajstić information content (AvgIpc) is 3.20. The maximum Gasteiger partial charge on any atom is 0.314 e. The molecule has 0 radical (unpaired) electrons. The van der Waals surface area contributed by atoms with Crippen LogP contribution in [0.25, 0.3) is 0 Å². The minimum absolute atomic E-state index is 0. The van der Waals surface area contributed by atoms with Gasteiger partial charge in [-0.2, -0.15) is 0 Å². The molecule has 2 N–H and O–H groups in total. The third-order valence-corrected chi connectivity index (χ3v) is 49.3. The lowest BCUT2D eigenvalue weighted by atomic mass is 10.4. The van der Waals surface area contributed by atoms with Crippen molar-refractivity contribution in [2.45, 2.75) is 219 Å². The maximum absolute atomic E-state index is 12.4. The molecule has 0 aliphatic carbocycles. The SMILES string of the molecule is CC#CC#CC#CC#CC#CC#CC#CC#CC(=O)NCCC[Si](C)(O[Si](C)(C)CCC)O[Si](C)(C)CC[Si](C)(C)O[Si](C)(C)CC[Si](C)(C)O[Si](C)(C)CC[Si](C)(C)O[SiH](C)C.CO.C[SiH](C)O[Si](C)(C)C.[HH].[HH].[HH].[HH].[HH].[HH].[HH].[HH].[HH].[HH].[HH].[HH].[HH].[HH].[HH]. The van der Waals surface area contributed by atoms with E-state index >= 15 is 0 Å². The largest absolute Gasteiger partial charge is 0.458 e. The second kappa shape index (κ2) is 37.0. The van der Waals surface area contributed by atoms with Gasteiger partial charge in [0.05, 0.1) is 0 Å². The first kappa shape index (κ1) is 75.3. The van der Waals surface area contributed by atoms with Crippen molar-refractivity contribution in [1.82, 2.24) is 5.32 Å². The highest BCUT2D eigenvalue weighted by atomic mass is 28.5. The molecule has 0 saturated carbocycles. The molecule has 440 valence electrons. The predicted octanol–water partition coefficient (Wildman–Crippen LogP) is 15.6. The molecule has 1 atom stereocenters. The molecule has 0 fully saturated rings. The van der Waals surface area contributed by atoms with Gasteiger partial charge in [0.1, 0.15) is 0 Å². The monoisotopic (exact) mass is 1220 g/mol. The van der Waals surface area contributed by atoms with Crippen molar-refractivity contribution in [3.8, 4) is 94.7 Å². The molecule has 0 aliphatic rings. The molecule has 0 aliphatic heterocycles. The van der Waals surface area contributed by atoms with Gasteiger partial charge in [-0.25, -0.2) is 0 Å². The zero-order valence-electron chi connectivity index (χ0n) is 50.7. The van der Waals surface area contributed by atoms with Gasteiger partial charge in [-0.1, -0.05) is 19.3 Å². The number of aliphatic hydroxyl groups excluding tert-OH is 1. The Morgan fingerprint density at radius 3 is 1.04 bits per heavy atom. The first-order valence-corrected chi connectivity index (χ1v) is 59.4. The van der Waals surface area contributed by atoms with E-state index in [9.17, 15) is 4.79 Å². The highest BCUT2D eigenvalue weighted by molar-refractivity contribution is 6.91. The summed E-state index contributed by atoms with van der Waals surface area (Å²) in [6, 6.07) is 8.70. The van der Waals surface area contributed by atoms with Crippen molar-refractivity contribution in [3.63, 3.8) is 0 Å². The molecule has 1 amide bonds. The second-order valence-electron chi connectivity index (χ2n) is 24.0. The quantitative estimate of drug-likeness (QED) is 0.0476. The summed E-state index contributed by atoms with van der Waals surface area (Å²) in [5, 5.41) is 9.91. The fraction of sp³-hybridized carbons (Fsp3) is 0.679. The zero-order chi connectivity index (χ0) is 57.3. The Balaban J connectivity index is -0.000000113. The molecule has 0 saturated heterocycles. The highest BCUT2D eigenvalue weighted by Crippen LogP contribution is 2.34. The Morgan fingerprint density at radius 2 is 0.740 bits per heavy atom. The molecule has 20 heteroatoms. The summed E-state index contributed by atoms with van der Waals surface area (Å²) in [5.41, 5.74) is 0. The van der Waals surface area contributed by atoms with Crippen LogP contribution in [0.4, 0.5) is 0 Å². The number of carbonyl (C=O) groups is 1. The third kappa shape index (κ3) is 48.2. The summed E-state index contributed by atoms with van der Waals surface area (Å²) in [7, 11) is -17.7. The molecular formula is C53H131NO8Si11. The van der Waals surface area contributed by atoms with Crippen LogP contribution in [-0.2, 0) is 29.5 Å². The second-order valence-corrected chi connectivity index (χ2v) is 68.5. The van der Waals surface area contributed by atoms with Crippen LogP contribution in [-0.4, -0.2) is 118 Å². The Kier molecular flexibility index (Phi) is 38.1. The zero-order valence-corrected chi connectivity index (χ0v) is 62.0. The number of carbonyl (C=O) groups excluding carboxylic acids is 1. The standard InChI is InChI=1S/C47H81NO6Si9.C5H16OSi2.CH4O.15H2/c1-20-22-23-24-25-26-27-28-29-30-31-32-33-34-35-37-47(49)48-38-36-40-63(19,53-57(7,8)39-21-2)54-62(17,18)46-45-61(15,16)52-60(13,14)44-43-59(11,12)51-58(9,10)42-41-56(5,6)50-55(3)4;1-7(2)6-8(3,4)5;1-2;;;;;;;;;;;;;;;/h55H,21,36,38-46H2,1-19H3,(H,48,49);7H,1-5H3;2H,1H3;15*1H. The summed E-state index contributed by atoms with van der Waals surface area (Å²) in [4.78, 5) is 12.4. The highest BCUT2D eigenvalue weighted by Gasteiger charge is 2.44. The minimum Gasteiger partial charge on any atom is -0.458 e. The van der Waals surface area contributed by atoms with Gasteiger partial charge in [0.25, 0.3) is 5.91 Å². The molecule has 0 heterocycles. The van der Waals surface area contributed by atoms with Crippen molar-refractivity contribution in [2.24, 2.45) is 0 Å². The van der Waals surface area contributed by atoms with Crippen LogP contribution in [0.15, 0.2) is 0 Å². The third-order valence-electron chi connectivity index (χ3n) is 10.3. The van der Waals surface area contributed by atoms with E-state index in [1.807, 2.05) is 0 Å². The van der Waals surface area contributed by atoms with Crippen LogP contribution < -0.4 is 5.32 Å². The average molecular weight is 1220 g/mol. The number of hydrogen-bond donors (Lipinski definition) is 2. The van der Waals surface area contributed by atoms with E-state index in [0.29, 0.717) is 6.54 Å². The summed E-state index contributed by atoms with van der Waals surface area (Å²) < 4.78 is 40.9. The molecular weight excluding hydrogens is 1090 g/mol. The van der Waals surface area contributed by atoms with Gasteiger partial charge >= 0.3 is 8.56 Å². The van der Waals surface area contributed by atoms with E-state index in [-0.39, 0.29) is 27.3 Å². The molecule has 1 unspecified atom stereocenters. The van der Waals surface area contributed by atoms with Gasteiger partial charge in [-0.15, -0.1) is 0 Å². The van der Waals surface area contributed by atoms with E-state index in [4.69, 9.17) is 29.8 Å². The van der Waals surface area contributed by atoms with Crippen LogP contribution in [0.3, 0.4) is 0 Å². The lowest BCUT2D eigenvalue weighted by Gasteiger charge is -2.42. The number of nitrogens with one attached hydrogen (secondary N) is 1. The summed E-state index contributed by atoms with van der Waals surface area (Å²) in [6.07, 6.45) is 1.84. The van der Waals surface area contributed by atoms with E-state index in [2.05, 4.69) is 251 Å². The van der Waals surface area contributed by atoms with Crippen LogP contribution >= 0.6 is 0 Å². The number of hydrogen-bond acceptors (Lipinski definition) is 8. The predicted molar refractivity (Wildman–Crippen MR) is 376 cm³/mol. The van der Waals surface area contributed by atoms with Crippen LogP contribution in [0.1, 0.15) is 48.1 Å². The van der Waals surface area contributed by atoms with E-state index in [0.717, 1.165) is 56.2 Å². The maximum atomic E-state index is 12.4. The summed E-state index contributed by atoms with van der Waals surface area (Å²) >= 11 is 0. The Bertz CT molecular complexity index is 2260. The molecule has 0 aromatic rings. The topological polar surface area (TPSA) is 105 Å². The normalized spacial score (nSPS) is 12.4. The van der Waals surface area contributed by atoms with Crippen molar-refractivity contribution in [2.75, 3.05) is 13.7 Å². The fourth-order valence-corrected chi connectivity index (χ4v) is 60.9. The van der Waals surface area contributed by atoms with Crippen molar-refractivity contribution < 1.29 is 56.0 Å². The van der Waals surface area contributed by atoms with E-state index in [1.165, 1.54) is 12.1 Å². The fourth-order valence-electron chi connectivity index (χ4n) is 8.09. The minimum atomic E-state index is -2.58. The number of aliphatic hydroxyl groups is 1. The van der Waals surface area contributed by atoms with Gasteiger partial charge in [0.2, 0.25) is 0 Å². The molecule has 73 heavy (non-hydrogen) atoms. The van der Waals surface area contributed by atoms with Crippen molar-refractivity contribution in [1.29, 1.82) is 0 Å². The van der Waals surface area contributed by atoms with Crippen LogP contribution in [0.5, 0.6) is 0 Å². The molecule has 0 bridgehead atoms. The lowest BCUT2D eigenvalue weighted by Crippen LogP contribution is -2.55.